The number of nitro groups is 1. The predicted octanol–water partition coefficient (Wildman–Crippen LogP) is 4.60. The second-order valence-electron chi connectivity index (χ2n) is 8.80. The average molecular weight is 483 g/mol. The molecule has 2 aromatic carbocycles. The number of benzene rings is 2. The quantitative estimate of drug-likeness (QED) is 0.292. The topological polar surface area (TPSA) is 108 Å². The number of nitrogens with zero attached hydrogens (tertiary/aromatic N) is 2. The molecular formula is C26H30N2O7. The molecule has 0 fully saturated rings. The number of allylic oxidation sites excluding steroid dienone is 1. The normalized spacial score (nSPS) is 15.9. The maximum absolute atomic E-state index is 13.3. The molecule has 0 aromatic heterocycles. The van der Waals surface area contributed by atoms with Gasteiger partial charge in [-0.15, -0.1) is 0 Å². The third-order valence-electron chi connectivity index (χ3n) is 5.85. The highest BCUT2D eigenvalue weighted by Crippen LogP contribution is 2.40. The Morgan fingerprint density at radius 2 is 1.71 bits per heavy atom. The van der Waals surface area contributed by atoms with Crippen molar-refractivity contribution in [3.05, 3.63) is 75.0 Å². The van der Waals surface area contributed by atoms with Crippen LogP contribution in [-0.4, -0.2) is 42.5 Å². The molecule has 1 aliphatic rings. The van der Waals surface area contributed by atoms with Crippen molar-refractivity contribution in [1.82, 2.24) is 4.90 Å². The molecule has 0 saturated carbocycles. The summed E-state index contributed by atoms with van der Waals surface area (Å²) in [5.41, 5.74) is 2.26. The summed E-state index contributed by atoms with van der Waals surface area (Å²) >= 11 is 0. The molecule has 0 unspecified atom stereocenters. The van der Waals surface area contributed by atoms with Crippen LogP contribution in [-0.2, 0) is 20.9 Å². The summed E-state index contributed by atoms with van der Waals surface area (Å²) in [6.45, 7) is 6.05. The van der Waals surface area contributed by atoms with Gasteiger partial charge >= 0.3 is 5.97 Å². The van der Waals surface area contributed by atoms with Gasteiger partial charge in [0.2, 0.25) is 5.91 Å². The molecule has 0 radical (unpaired) electrons. The van der Waals surface area contributed by atoms with E-state index in [1.165, 1.54) is 31.3 Å². The Morgan fingerprint density at radius 3 is 2.23 bits per heavy atom. The number of carbonyl (C=O) groups excluding carboxylic acids is 2. The van der Waals surface area contributed by atoms with E-state index >= 15 is 0 Å². The molecule has 1 amide bonds. The van der Waals surface area contributed by atoms with E-state index in [1.54, 1.807) is 37.3 Å². The highest BCUT2D eigenvalue weighted by Gasteiger charge is 2.37. The highest BCUT2D eigenvalue weighted by atomic mass is 16.6. The Morgan fingerprint density at radius 1 is 1.11 bits per heavy atom. The summed E-state index contributed by atoms with van der Waals surface area (Å²) in [5.74, 6) is 0.0495. The molecule has 2 aromatic rings. The van der Waals surface area contributed by atoms with Crippen LogP contribution >= 0.6 is 0 Å². The number of ether oxygens (including phenoxy) is 3. The van der Waals surface area contributed by atoms with Gasteiger partial charge in [-0.05, 0) is 36.1 Å². The van der Waals surface area contributed by atoms with Gasteiger partial charge in [0.05, 0.1) is 37.9 Å². The van der Waals surface area contributed by atoms with Crippen LogP contribution in [0.2, 0.25) is 0 Å². The van der Waals surface area contributed by atoms with Crippen molar-refractivity contribution in [3.63, 3.8) is 0 Å². The van der Waals surface area contributed by atoms with Gasteiger partial charge in [0.25, 0.3) is 5.69 Å². The molecule has 3 rings (SSSR count). The number of amides is 1. The van der Waals surface area contributed by atoms with Crippen LogP contribution in [0.4, 0.5) is 5.69 Å². The lowest BCUT2D eigenvalue weighted by atomic mass is 9.83. The first-order valence-electron chi connectivity index (χ1n) is 11.3. The Hall–Kier alpha value is -3.88. The lowest BCUT2D eigenvalue weighted by Gasteiger charge is -2.34. The predicted molar refractivity (Wildman–Crippen MR) is 129 cm³/mol. The van der Waals surface area contributed by atoms with Gasteiger partial charge in [0.15, 0.2) is 0 Å². The zero-order chi connectivity index (χ0) is 25.7. The molecule has 9 nitrogen and oxygen atoms in total. The number of methoxy groups -OCH3 is 2. The molecule has 0 N–H and O–H groups in total. The minimum Gasteiger partial charge on any atom is -0.497 e. The van der Waals surface area contributed by atoms with Crippen LogP contribution in [0.25, 0.3) is 0 Å². The van der Waals surface area contributed by atoms with Crippen LogP contribution < -0.4 is 9.47 Å². The SMILES string of the molecule is COc1cc(OC)cc([C@@H]2CC(=O)N(Cc3ccc([N+](=O)[O-])cc3)C(C)=C2C(=O)OCC(C)C)c1. The first-order chi connectivity index (χ1) is 16.6. The van der Waals surface area contributed by atoms with E-state index in [9.17, 15) is 19.7 Å². The van der Waals surface area contributed by atoms with Gasteiger partial charge in [-0.1, -0.05) is 26.0 Å². The van der Waals surface area contributed by atoms with Crippen molar-refractivity contribution in [2.24, 2.45) is 5.92 Å². The molecule has 186 valence electrons. The summed E-state index contributed by atoms with van der Waals surface area (Å²) in [4.78, 5) is 38.6. The van der Waals surface area contributed by atoms with E-state index < -0.39 is 16.8 Å². The molecule has 35 heavy (non-hydrogen) atoms. The molecule has 9 heteroatoms. The van der Waals surface area contributed by atoms with Crippen LogP contribution in [0.5, 0.6) is 11.5 Å². The Bertz CT molecular complexity index is 1120. The van der Waals surface area contributed by atoms with Gasteiger partial charge in [-0.25, -0.2) is 4.79 Å². The van der Waals surface area contributed by atoms with E-state index in [2.05, 4.69) is 0 Å². The highest BCUT2D eigenvalue weighted by molar-refractivity contribution is 5.96. The Labute approximate surface area is 204 Å². The monoisotopic (exact) mass is 482 g/mol. The zero-order valence-electron chi connectivity index (χ0n) is 20.6. The molecule has 0 saturated heterocycles. The molecule has 1 aliphatic heterocycles. The third-order valence-corrected chi connectivity index (χ3v) is 5.85. The van der Waals surface area contributed by atoms with Gasteiger partial charge in [0, 0.05) is 36.2 Å². The standard InChI is InChI=1S/C26H30N2O7/c1-16(2)15-35-26(30)25-17(3)27(14-18-6-8-20(9-7-18)28(31)32)24(29)13-23(25)19-10-21(33-4)12-22(11-19)34-5/h6-12,16,23H,13-15H2,1-5H3/t23-/m0/s1. The van der Waals surface area contributed by atoms with Crippen LogP contribution in [0.1, 0.15) is 44.2 Å². The largest absolute Gasteiger partial charge is 0.497 e. The van der Waals surface area contributed by atoms with Gasteiger partial charge in [-0.2, -0.15) is 0 Å². The lowest BCUT2D eigenvalue weighted by molar-refractivity contribution is -0.384. The summed E-state index contributed by atoms with van der Waals surface area (Å²) in [6, 6.07) is 11.3. The lowest BCUT2D eigenvalue weighted by Crippen LogP contribution is -2.38. The summed E-state index contributed by atoms with van der Waals surface area (Å²) in [5, 5.41) is 11.0. The number of carbonyl (C=O) groups is 2. The van der Waals surface area contributed by atoms with E-state index in [-0.39, 0.29) is 37.1 Å². The molecule has 0 bridgehead atoms. The van der Waals surface area contributed by atoms with Gasteiger partial charge in [0.1, 0.15) is 11.5 Å². The van der Waals surface area contributed by atoms with E-state index in [4.69, 9.17) is 14.2 Å². The molecule has 0 aliphatic carbocycles. The molecule has 1 heterocycles. The number of hydrogen-bond donors (Lipinski definition) is 0. The van der Waals surface area contributed by atoms with Crippen molar-refractivity contribution in [1.29, 1.82) is 0 Å². The van der Waals surface area contributed by atoms with Crippen molar-refractivity contribution >= 4 is 17.6 Å². The second-order valence-corrected chi connectivity index (χ2v) is 8.80. The van der Waals surface area contributed by atoms with E-state index in [0.29, 0.717) is 33.9 Å². The minimum atomic E-state index is -0.542. The van der Waals surface area contributed by atoms with Crippen LogP contribution in [0.15, 0.2) is 53.7 Å². The van der Waals surface area contributed by atoms with Crippen molar-refractivity contribution in [2.75, 3.05) is 20.8 Å². The number of esters is 1. The number of non-ortho nitro benzene ring substituents is 1. The van der Waals surface area contributed by atoms with Gasteiger partial charge in [-0.3, -0.25) is 14.9 Å². The molecular weight excluding hydrogens is 452 g/mol. The maximum Gasteiger partial charge on any atom is 0.336 e. The van der Waals surface area contributed by atoms with Crippen LogP contribution in [0, 0.1) is 16.0 Å². The van der Waals surface area contributed by atoms with E-state index in [1.807, 2.05) is 13.8 Å². The Balaban J connectivity index is 2.04. The fraction of sp³-hybridized carbons (Fsp3) is 0.385. The first kappa shape index (κ1) is 25.7. The van der Waals surface area contributed by atoms with Crippen molar-refractivity contribution < 1.29 is 28.7 Å². The number of rotatable bonds is 9. The number of nitro benzene ring substituents is 1. The minimum absolute atomic E-state index is 0.0315. The third kappa shape index (κ3) is 5.98. The first-order valence-corrected chi connectivity index (χ1v) is 11.3. The zero-order valence-corrected chi connectivity index (χ0v) is 20.6. The second kappa shape index (κ2) is 11.0. The average Bonchev–Trinajstić information content (AvgIpc) is 2.84. The smallest absolute Gasteiger partial charge is 0.336 e. The van der Waals surface area contributed by atoms with Crippen molar-refractivity contribution in [2.45, 2.75) is 39.7 Å². The summed E-state index contributed by atoms with van der Waals surface area (Å²) in [6.07, 6.45) is 0.0484. The Kier molecular flexibility index (Phi) is 8.11. The number of hydrogen-bond acceptors (Lipinski definition) is 7. The fourth-order valence-corrected chi connectivity index (χ4v) is 4.01. The van der Waals surface area contributed by atoms with Crippen molar-refractivity contribution in [3.8, 4) is 11.5 Å². The van der Waals surface area contributed by atoms with Gasteiger partial charge < -0.3 is 19.1 Å². The van der Waals surface area contributed by atoms with Crippen LogP contribution in [0.3, 0.4) is 0 Å². The fourth-order valence-electron chi connectivity index (χ4n) is 4.01. The molecule has 1 atom stereocenters. The summed E-state index contributed by atoms with van der Waals surface area (Å²) < 4.78 is 16.4. The maximum atomic E-state index is 13.3. The molecule has 0 spiro atoms. The summed E-state index contributed by atoms with van der Waals surface area (Å²) in [7, 11) is 3.07. The van der Waals surface area contributed by atoms with E-state index in [0.717, 1.165) is 0 Å².